The summed E-state index contributed by atoms with van der Waals surface area (Å²) >= 11 is 0. The minimum atomic E-state index is 0.0757. The van der Waals surface area contributed by atoms with E-state index in [9.17, 15) is 4.79 Å². The van der Waals surface area contributed by atoms with Gasteiger partial charge in [0, 0.05) is 6.54 Å². The summed E-state index contributed by atoms with van der Waals surface area (Å²) in [4.78, 5) is 14.1. The molecule has 2 N–H and O–H groups in total. The normalized spacial score (nSPS) is 26.1. The number of carbonyl (C=O) groups excluding carboxylic acids is 1. The molecule has 4 heteroatoms. The average Bonchev–Trinajstić information content (AvgIpc) is 2.96. The molecule has 1 atom stereocenters. The van der Waals surface area contributed by atoms with Gasteiger partial charge in [0.1, 0.15) is 0 Å². The van der Waals surface area contributed by atoms with Crippen LogP contribution in [0.15, 0.2) is 0 Å². The third kappa shape index (κ3) is 3.46. The van der Waals surface area contributed by atoms with Gasteiger partial charge in [0.15, 0.2) is 0 Å². The summed E-state index contributed by atoms with van der Waals surface area (Å²) in [6.07, 6.45) is 5.90. The summed E-state index contributed by atoms with van der Waals surface area (Å²) in [6.45, 7) is 5.45. The first-order valence-corrected chi connectivity index (χ1v) is 6.60. The quantitative estimate of drug-likeness (QED) is 0.663. The zero-order chi connectivity index (χ0) is 11.2. The molecule has 0 radical (unpaired) electrons. The minimum absolute atomic E-state index is 0.0757. The summed E-state index contributed by atoms with van der Waals surface area (Å²) in [5, 5.41) is 6.24. The zero-order valence-corrected chi connectivity index (χ0v) is 10.0. The Morgan fingerprint density at radius 1 is 1.31 bits per heavy atom. The van der Waals surface area contributed by atoms with Gasteiger partial charge in [-0.25, -0.2) is 0 Å². The molecule has 2 saturated heterocycles. The van der Waals surface area contributed by atoms with E-state index in [0.717, 1.165) is 38.9 Å². The van der Waals surface area contributed by atoms with Crippen LogP contribution in [0.4, 0.5) is 0 Å². The first kappa shape index (κ1) is 11.9. The second-order valence-corrected chi connectivity index (χ2v) is 4.84. The maximum absolute atomic E-state index is 11.7. The molecule has 4 nitrogen and oxygen atoms in total. The summed E-state index contributed by atoms with van der Waals surface area (Å²) < 4.78 is 0. The summed E-state index contributed by atoms with van der Waals surface area (Å²) in [7, 11) is 0. The van der Waals surface area contributed by atoms with Crippen molar-refractivity contribution in [3.63, 3.8) is 0 Å². The SMILES string of the molecule is O=C(NCCCN1CCCC1)[C@@H]1CCCN1. The Hall–Kier alpha value is -0.610. The molecule has 1 amide bonds. The third-order valence-corrected chi connectivity index (χ3v) is 3.53. The van der Waals surface area contributed by atoms with E-state index in [-0.39, 0.29) is 11.9 Å². The maximum Gasteiger partial charge on any atom is 0.237 e. The number of hydrogen-bond acceptors (Lipinski definition) is 3. The molecule has 0 aliphatic carbocycles. The predicted octanol–water partition coefficient (Wildman–Crippen LogP) is 0.341. The van der Waals surface area contributed by atoms with Crippen LogP contribution in [0.5, 0.6) is 0 Å². The summed E-state index contributed by atoms with van der Waals surface area (Å²) in [5.74, 6) is 0.193. The Bertz CT molecular complexity index is 220. The van der Waals surface area contributed by atoms with Gasteiger partial charge in [-0.1, -0.05) is 0 Å². The molecular formula is C12H23N3O. The van der Waals surface area contributed by atoms with Crippen LogP contribution in [0.25, 0.3) is 0 Å². The topological polar surface area (TPSA) is 44.4 Å². The molecule has 2 rings (SSSR count). The lowest BCUT2D eigenvalue weighted by Crippen LogP contribution is -2.41. The molecule has 0 aromatic heterocycles. The fraction of sp³-hybridized carbons (Fsp3) is 0.917. The number of nitrogens with one attached hydrogen (secondary N) is 2. The maximum atomic E-state index is 11.7. The van der Waals surface area contributed by atoms with Gasteiger partial charge in [0.05, 0.1) is 6.04 Å². The number of hydrogen-bond donors (Lipinski definition) is 2. The molecule has 0 aromatic carbocycles. The Morgan fingerprint density at radius 2 is 2.12 bits per heavy atom. The van der Waals surface area contributed by atoms with Crippen LogP contribution >= 0.6 is 0 Å². The van der Waals surface area contributed by atoms with E-state index in [2.05, 4.69) is 15.5 Å². The fourth-order valence-corrected chi connectivity index (χ4v) is 2.55. The third-order valence-electron chi connectivity index (χ3n) is 3.53. The smallest absolute Gasteiger partial charge is 0.237 e. The van der Waals surface area contributed by atoms with Gasteiger partial charge in [0.25, 0.3) is 0 Å². The van der Waals surface area contributed by atoms with E-state index >= 15 is 0 Å². The van der Waals surface area contributed by atoms with Crippen LogP contribution in [0.3, 0.4) is 0 Å². The van der Waals surface area contributed by atoms with Crippen molar-refractivity contribution in [2.24, 2.45) is 0 Å². The van der Waals surface area contributed by atoms with Crippen molar-refractivity contribution in [1.29, 1.82) is 0 Å². The van der Waals surface area contributed by atoms with Crippen molar-refractivity contribution in [3.8, 4) is 0 Å². The highest BCUT2D eigenvalue weighted by Crippen LogP contribution is 2.07. The van der Waals surface area contributed by atoms with Crippen molar-refractivity contribution < 1.29 is 4.79 Å². The molecule has 0 spiro atoms. The molecule has 0 unspecified atom stereocenters. The number of likely N-dealkylation sites (tertiary alicyclic amines) is 1. The second-order valence-electron chi connectivity index (χ2n) is 4.84. The van der Waals surface area contributed by atoms with Gasteiger partial charge in [-0.3, -0.25) is 4.79 Å². The van der Waals surface area contributed by atoms with Gasteiger partial charge in [0.2, 0.25) is 5.91 Å². The Morgan fingerprint density at radius 3 is 2.81 bits per heavy atom. The standard InChI is InChI=1S/C12H23N3O/c16-12(11-5-3-6-13-11)14-7-4-10-15-8-1-2-9-15/h11,13H,1-10H2,(H,14,16)/t11-/m0/s1. The van der Waals surface area contributed by atoms with Gasteiger partial charge in [-0.2, -0.15) is 0 Å². The van der Waals surface area contributed by atoms with Crippen molar-refractivity contribution in [2.45, 2.75) is 38.1 Å². The van der Waals surface area contributed by atoms with Crippen LogP contribution in [-0.2, 0) is 4.79 Å². The first-order chi connectivity index (χ1) is 7.86. The van der Waals surface area contributed by atoms with Crippen molar-refractivity contribution in [3.05, 3.63) is 0 Å². The molecule has 2 fully saturated rings. The highest BCUT2D eigenvalue weighted by molar-refractivity contribution is 5.81. The van der Waals surface area contributed by atoms with E-state index in [4.69, 9.17) is 0 Å². The van der Waals surface area contributed by atoms with Crippen LogP contribution in [-0.4, -0.2) is 49.6 Å². The van der Waals surface area contributed by atoms with Crippen LogP contribution in [0.1, 0.15) is 32.1 Å². The molecule has 92 valence electrons. The van der Waals surface area contributed by atoms with E-state index in [1.54, 1.807) is 0 Å². The van der Waals surface area contributed by atoms with Crippen LogP contribution in [0, 0.1) is 0 Å². The van der Waals surface area contributed by atoms with E-state index in [1.165, 1.54) is 25.9 Å². The Labute approximate surface area is 97.8 Å². The zero-order valence-electron chi connectivity index (χ0n) is 10.0. The van der Waals surface area contributed by atoms with Crippen LogP contribution in [0.2, 0.25) is 0 Å². The highest BCUT2D eigenvalue weighted by atomic mass is 16.2. The van der Waals surface area contributed by atoms with Crippen LogP contribution < -0.4 is 10.6 Å². The molecule has 0 aromatic rings. The number of rotatable bonds is 5. The minimum Gasteiger partial charge on any atom is -0.355 e. The summed E-state index contributed by atoms with van der Waals surface area (Å²) in [5.41, 5.74) is 0. The molecule has 2 aliphatic rings. The lowest BCUT2D eigenvalue weighted by Gasteiger charge is -2.15. The lowest BCUT2D eigenvalue weighted by molar-refractivity contribution is -0.122. The fourth-order valence-electron chi connectivity index (χ4n) is 2.55. The predicted molar refractivity (Wildman–Crippen MR) is 64.3 cm³/mol. The monoisotopic (exact) mass is 225 g/mol. The number of nitrogens with zero attached hydrogens (tertiary/aromatic N) is 1. The average molecular weight is 225 g/mol. The first-order valence-electron chi connectivity index (χ1n) is 6.60. The molecule has 0 saturated carbocycles. The molecule has 2 heterocycles. The number of amides is 1. The number of carbonyl (C=O) groups is 1. The highest BCUT2D eigenvalue weighted by Gasteiger charge is 2.21. The van der Waals surface area contributed by atoms with E-state index in [0.29, 0.717) is 0 Å². The molecule has 16 heavy (non-hydrogen) atoms. The van der Waals surface area contributed by atoms with Crippen molar-refractivity contribution in [1.82, 2.24) is 15.5 Å². The van der Waals surface area contributed by atoms with Gasteiger partial charge < -0.3 is 15.5 Å². The molecule has 0 bridgehead atoms. The van der Waals surface area contributed by atoms with Gasteiger partial charge in [-0.15, -0.1) is 0 Å². The van der Waals surface area contributed by atoms with Crippen molar-refractivity contribution in [2.75, 3.05) is 32.7 Å². The van der Waals surface area contributed by atoms with E-state index < -0.39 is 0 Å². The summed E-state index contributed by atoms with van der Waals surface area (Å²) in [6, 6.07) is 0.0757. The second kappa shape index (κ2) is 6.21. The van der Waals surface area contributed by atoms with Gasteiger partial charge in [-0.05, 0) is 58.3 Å². The van der Waals surface area contributed by atoms with E-state index in [1.807, 2.05) is 0 Å². The lowest BCUT2D eigenvalue weighted by atomic mass is 10.2. The Balaban J connectivity index is 1.51. The van der Waals surface area contributed by atoms with Gasteiger partial charge >= 0.3 is 0 Å². The molecular weight excluding hydrogens is 202 g/mol. The largest absolute Gasteiger partial charge is 0.355 e. The Kier molecular flexibility index (Phi) is 4.60. The molecule has 2 aliphatic heterocycles. The van der Waals surface area contributed by atoms with Crippen molar-refractivity contribution >= 4 is 5.91 Å².